The fraction of sp³-hybridized carbons (Fsp3) is 0.900. The number of hydrogen-bond donors (Lipinski definition) is 2. The molecule has 1 unspecified atom stereocenters. The van der Waals surface area contributed by atoms with Crippen molar-refractivity contribution in [1.82, 2.24) is 5.32 Å². The molecule has 0 saturated carbocycles. The third-order valence-corrected chi connectivity index (χ3v) is 2.19. The number of carbonyl (C=O) groups excluding carboxylic acids is 1. The maximum atomic E-state index is 11.0. The molecule has 0 aromatic carbocycles. The maximum Gasteiger partial charge on any atom is 0.234 e. The number of amides is 1. The first-order valence-corrected chi connectivity index (χ1v) is 5.00. The van der Waals surface area contributed by atoms with Gasteiger partial charge in [-0.1, -0.05) is 20.3 Å². The molecule has 0 radical (unpaired) electrons. The largest absolute Gasteiger partial charge is 0.368 e. The van der Waals surface area contributed by atoms with Crippen molar-refractivity contribution in [2.24, 2.45) is 5.73 Å². The SMILES string of the molecule is CCCC(C)(C)NC(CC)C(N)=O. The molecular formula is C10H22N2O. The van der Waals surface area contributed by atoms with Crippen LogP contribution >= 0.6 is 0 Å². The van der Waals surface area contributed by atoms with E-state index >= 15 is 0 Å². The van der Waals surface area contributed by atoms with Gasteiger partial charge in [0.05, 0.1) is 6.04 Å². The summed E-state index contributed by atoms with van der Waals surface area (Å²) in [4.78, 5) is 11.0. The second kappa shape index (κ2) is 5.22. The van der Waals surface area contributed by atoms with Crippen LogP contribution in [0.15, 0.2) is 0 Å². The van der Waals surface area contributed by atoms with E-state index in [-0.39, 0.29) is 17.5 Å². The van der Waals surface area contributed by atoms with Gasteiger partial charge in [-0.15, -0.1) is 0 Å². The second-order valence-electron chi connectivity index (χ2n) is 4.14. The van der Waals surface area contributed by atoms with Gasteiger partial charge in [-0.2, -0.15) is 0 Å². The first-order valence-electron chi connectivity index (χ1n) is 5.00. The molecule has 1 atom stereocenters. The highest BCUT2D eigenvalue weighted by Gasteiger charge is 2.22. The van der Waals surface area contributed by atoms with E-state index in [4.69, 9.17) is 5.73 Å². The van der Waals surface area contributed by atoms with Gasteiger partial charge in [-0.25, -0.2) is 0 Å². The summed E-state index contributed by atoms with van der Waals surface area (Å²) in [5.41, 5.74) is 5.25. The van der Waals surface area contributed by atoms with Crippen LogP contribution in [-0.2, 0) is 4.79 Å². The molecule has 0 aliphatic carbocycles. The van der Waals surface area contributed by atoms with E-state index in [0.29, 0.717) is 0 Å². The molecule has 0 aliphatic heterocycles. The van der Waals surface area contributed by atoms with Crippen molar-refractivity contribution in [2.75, 3.05) is 0 Å². The van der Waals surface area contributed by atoms with Crippen molar-refractivity contribution in [2.45, 2.75) is 58.5 Å². The normalized spacial score (nSPS) is 14.2. The van der Waals surface area contributed by atoms with Crippen molar-refractivity contribution >= 4 is 5.91 Å². The Morgan fingerprint density at radius 2 is 2.00 bits per heavy atom. The van der Waals surface area contributed by atoms with Crippen LogP contribution < -0.4 is 11.1 Å². The average molecular weight is 186 g/mol. The Labute approximate surface area is 81.1 Å². The van der Waals surface area contributed by atoms with E-state index < -0.39 is 0 Å². The lowest BCUT2D eigenvalue weighted by Gasteiger charge is -2.29. The Balaban J connectivity index is 4.13. The number of primary amides is 1. The van der Waals surface area contributed by atoms with E-state index in [1.807, 2.05) is 6.92 Å². The van der Waals surface area contributed by atoms with Gasteiger partial charge in [-0.3, -0.25) is 4.79 Å². The third-order valence-electron chi connectivity index (χ3n) is 2.19. The van der Waals surface area contributed by atoms with Gasteiger partial charge >= 0.3 is 0 Å². The molecule has 0 saturated heterocycles. The summed E-state index contributed by atoms with van der Waals surface area (Å²) in [6.07, 6.45) is 2.91. The highest BCUT2D eigenvalue weighted by Crippen LogP contribution is 2.12. The summed E-state index contributed by atoms with van der Waals surface area (Å²) in [5, 5.41) is 3.27. The van der Waals surface area contributed by atoms with Gasteiger partial charge in [0.1, 0.15) is 0 Å². The van der Waals surface area contributed by atoms with E-state index in [1.54, 1.807) is 0 Å². The van der Waals surface area contributed by atoms with Crippen molar-refractivity contribution in [3.8, 4) is 0 Å². The van der Waals surface area contributed by atoms with Gasteiger partial charge in [0.15, 0.2) is 0 Å². The predicted molar refractivity (Wildman–Crippen MR) is 55.4 cm³/mol. The minimum atomic E-state index is -0.258. The molecule has 3 nitrogen and oxygen atoms in total. The van der Waals surface area contributed by atoms with E-state index in [0.717, 1.165) is 19.3 Å². The van der Waals surface area contributed by atoms with Crippen molar-refractivity contribution in [3.05, 3.63) is 0 Å². The lowest BCUT2D eigenvalue weighted by Crippen LogP contribution is -2.51. The maximum absolute atomic E-state index is 11.0. The molecule has 1 amide bonds. The van der Waals surface area contributed by atoms with Crippen molar-refractivity contribution in [1.29, 1.82) is 0 Å². The topological polar surface area (TPSA) is 55.1 Å². The minimum Gasteiger partial charge on any atom is -0.368 e. The summed E-state index contributed by atoms with van der Waals surface area (Å²) in [6.45, 7) is 8.29. The van der Waals surface area contributed by atoms with Crippen LogP contribution in [0.5, 0.6) is 0 Å². The van der Waals surface area contributed by atoms with Crippen LogP contribution in [-0.4, -0.2) is 17.5 Å². The minimum absolute atomic E-state index is 0.00442. The van der Waals surface area contributed by atoms with E-state index in [9.17, 15) is 4.79 Å². The van der Waals surface area contributed by atoms with Gasteiger partial charge in [0, 0.05) is 5.54 Å². The summed E-state index contributed by atoms with van der Waals surface area (Å²) in [6, 6.07) is -0.193. The average Bonchev–Trinajstić information content (AvgIpc) is 1.99. The molecule has 0 rings (SSSR count). The Kier molecular flexibility index (Phi) is 4.99. The number of rotatable bonds is 6. The van der Waals surface area contributed by atoms with Crippen LogP contribution in [0.2, 0.25) is 0 Å². The van der Waals surface area contributed by atoms with Crippen molar-refractivity contribution in [3.63, 3.8) is 0 Å². The molecule has 0 aliphatic rings. The van der Waals surface area contributed by atoms with Crippen LogP contribution in [0.1, 0.15) is 47.0 Å². The number of hydrogen-bond acceptors (Lipinski definition) is 2. The Morgan fingerprint density at radius 3 is 2.31 bits per heavy atom. The highest BCUT2D eigenvalue weighted by molar-refractivity contribution is 5.79. The highest BCUT2D eigenvalue weighted by atomic mass is 16.1. The molecule has 0 aromatic heterocycles. The zero-order chi connectivity index (χ0) is 10.5. The van der Waals surface area contributed by atoms with Crippen LogP contribution in [0, 0.1) is 0 Å². The zero-order valence-electron chi connectivity index (χ0n) is 9.18. The molecule has 0 fully saturated rings. The second-order valence-corrected chi connectivity index (χ2v) is 4.14. The first kappa shape index (κ1) is 12.4. The molecule has 3 N–H and O–H groups in total. The van der Waals surface area contributed by atoms with Gasteiger partial charge in [0.25, 0.3) is 0 Å². The summed E-state index contributed by atoms with van der Waals surface area (Å²) in [7, 11) is 0. The molecule has 0 spiro atoms. The number of nitrogens with two attached hydrogens (primary N) is 1. The number of carbonyl (C=O) groups is 1. The third kappa shape index (κ3) is 4.88. The van der Waals surface area contributed by atoms with Gasteiger partial charge in [-0.05, 0) is 26.7 Å². The Hall–Kier alpha value is -0.570. The lowest BCUT2D eigenvalue weighted by atomic mass is 9.97. The van der Waals surface area contributed by atoms with Crippen molar-refractivity contribution < 1.29 is 4.79 Å². The van der Waals surface area contributed by atoms with Crippen LogP contribution in [0.25, 0.3) is 0 Å². The summed E-state index contributed by atoms with van der Waals surface area (Å²) >= 11 is 0. The quantitative estimate of drug-likeness (QED) is 0.659. The molecule has 13 heavy (non-hydrogen) atoms. The predicted octanol–water partition coefficient (Wildman–Crippen LogP) is 1.42. The fourth-order valence-corrected chi connectivity index (χ4v) is 1.54. The van der Waals surface area contributed by atoms with Gasteiger partial charge < -0.3 is 11.1 Å². The smallest absolute Gasteiger partial charge is 0.234 e. The van der Waals surface area contributed by atoms with Crippen LogP contribution in [0.4, 0.5) is 0 Å². The Bertz CT molecular complexity index is 166. The van der Waals surface area contributed by atoms with E-state index in [2.05, 4.69) is 26.1 Å². The molecule has 0 aromatic rings. The molecule has 0 bridgehead atoms. The summed E-state index contributed by atoms with van der Waals surface area (Å²) in [5.74, 6) is -0.258. The Morgan fingerprint density at radius 1 is 1.46 bits per heavy atom. The molecule has 78 valence electrons. The fourth-order valence-electron chi connectivity index (χ4n) is 1.54. The number of nitrogens with one attached hydrogen (secondary N) is 1. The molecule has 3 heteroatoms. The standard InChI is InChI=1S/C10H22N2O/c1-5-7-10(3,4)12-8(6-2)9(11)13/h8,12H,5-7H2,1-4H3,(H2,11,13). The van der Waals surface area contributed by atoms with Gasteiger partial charge in [0.2, 0.25) is 5.91 Å². The first-order chi connectivity index (χ1) is 5.93. The monoisotopic (exact) mass is 186 g/mol. The van der Waals surface area contributed by atoms with Crippen LogP contribution in [0.3, 0.4) is 0 Å². The molecule has 0 heterocycles. The summed E-state index contributed by atoms with van der Waals surface area (Å²) < 4.78 is 0. The lowest BCUT2D eigenvalue weighted by molar-refractivity contribution is -0.120. The van der Waals surface area contributed by atoms with E-state index in [1.165, 1.54) is 0 Å². The zero-order valence-corrected chi connectivity index (χ0v) is 9.18. The molecular weight excluding hydrogens is 164 g/mol.